The van der Waals surface area contributed by atoms with Crippen LogP contribution in [0.5, 0.6) is 0 Å². The van der Waals surface area contributed by atoms with Crippen LogP contribution in [0, 0.1) is 5.92 Å². The number of nitrogens with zero attached hydrogens (tertiary/aromatic N) is 1. The molecule has 5 nitrogen and oxygen atoms in total. The smallest absolute Gasteiger partial charge is 0.326 e. The second-order valence-corrected chi connectivity index (χ2v) is 6.52. The Balaban J connectivity index is 2.47. The van der Waals surface area contributed by atoms with E-state index < -0.39 is 12.0 Å². The second-order valence-electron chi connectivity index (χ2n) is 5.24. The predicted octanol–water partition coefficient (Wildman–Crippen LogP) is 2.02. The van der Waals surface area contributed by atoms with Crippen LogP contribution in [-0.4, -0.2) is 52.6 Å². The van der Waals surface area contributed by atoms with Crippen LogP contribution in [-0.2, 0) is 4.79 Å². The molecule has 1 aliphatic rings. The van der Waals surface area contributed by atoms with E-state index in [9.17, 15) is 14.7 Å². The topological polar surface area (TPSA) is 69.6 Å². The number of carboxylic acid groups (broad SMARTS) is 1. The minimum atomic E-state index is -0.904. The van der Waals surface area contributed by atoms with Crippen LogP contribution in [0.15, 0.2) is 0 Å². The number of amides is 2. The first kappa shape index (κ1) is 16.1. The molecule has 2 N–H and O–H groups in total. The number of carbonyl (C=O) groups excluding carboxylic acids is 1. The standard InChI is InChI=1S/C13H24N2O3S/c1-9-5-7-15(11(8-9)12(16)17)13(18)14-6-4-10(2)19-3/h9-11H,4-8H2,1-3H3,(H,14,18)(H,16,17). The largest absolute Gasteiger partial charge is 0.480 e. The average molecular weight is 288 g/mol. The van der Waals surface area contributed by atoms with Gasteiger partial charge >= 0.3 is 12.0 Å². The van der Waals surface area contributed by atoms with E-state index in [4.69, 9.17) is 0 Å². The molecule has 6 heteroatoms. The summed E-state index contributed by atoms with van der Waals surface area (Å²) in [5, 5.41) is 12.5. The number of rotatable bonds is 5. The Kier molecular flexibility index (Phi) is 6.48. The quantitative estimate of drug-likeness (QED) is 0.812. The van der Waals surface area contributed by atoms with Crippen LogP contribution in [0.1, 0.15) is 33.1 Å². The fourth-order valence-electron chi connectivity index (χ4n) is 2.22. The summed E-state index contributed by atoms with van der Waals surface area (Å²) in [6.07, 6.45) is 4.36. The molecule has 0 saturated carbocycles. The number of hydrogen-bond donors (Lipinski definition) is 2. The lowest BCUT2D eigenvalue weighted by Gasteiger charge is -2.35. The Bertz CT molecular complexity index is 325. The fourth-order valence-corrected chi connectivity index (χ4v) is 2.57. The third-order valence-electron chi connectivity index (χ3n) is 3.64. The number of aliphatic carboxylic acids is 1. The van der Waals surface area contributed by atoms with Gasteiger partial charge in [-0.1, -0.05) is 13.8 Å². The van der Waals surface area contributed by atoms with E-state index in [1.54, 1.807) is 11.8 Å². The number of carbonyl (C=O) groups is 2. The molecular formula is C13H24N2O3S. The van der Waals surface area contributed by atoms with Gasteiger partial charge in [-0.25, -0.2) is 9.59 Å². The van der Waals surface area contributed by atoms with Gasteiger partial charge in [-0.2, -0.15) is 11.8 Å². The summed E-state index contributed by atoms with van der Waals surface area (Å²) in [6.45, 7) is 5.27. The zero-order valence-electron chi connectivity index (χ0n) is 11.9. The number of nitrogens with one attached hydrogen (secondary N) is 1. The average Bonchev–Trinajstić information content (AvgIpc) is 2.38. The Labute approximate surface area is 119 Å². The molecule has 1 saturated heterocycles. The van der Waals surface area contributed by atoms with Crippen molar-refractivity contribution in [2.24, 2.45) is 5.92 Å². The molecule has 110 valence electrons. The normalized spacial score (nSPS) is 24.9. The Morgan fingerprint density at radius 2 is 2.21 bits per heavy atom. The molecule has 0 radical (unpaired) electrons. The number of piperidine rings is 1. The molecule has 0 aromatic carbocycles. The van der Waals surface area contributed by atoms with E-state index in [0.29, 0.717) is 30.7 Å². The van der Waals surface area contributed by atoms with Gasteiger partial charge < -0.3 is 15.3 Å². The molecule has 0 bridgehead atoms. The lowest BCUT2D eigenvalue weighted by molar-refractivity contribution is -0.143. The van der Waals surface area contributed by atoms with Gasteiger partial charge in [0.2, 0.25) is 0 Å². The number of urea groups is 1. The van der Waals surface area contributed by atoms with Crippen molar-refractivity contribution >= 4 is 23.8 Å². The lowest BCUT2D eigenvalue weighted by Crippen LogP contribution is -2.53. The molecule has 3 atom stereocenters. The molecule has 0 aliphatic carbocycles. The monoisotopic (exact) mass is 288 g/mol. The van der Waals surface area contributed by atoms with E-state index >= 15 is 0 Å². The highest BCUT2D eigenvalue weighted by Gasteiger charge is 2.34. The molecule has 0 aromatic heterocycles. The molecule has 3 unspecified atom stereocenters. The summed E-state index contributed by atoms with van der Waals surface area (Å²) in [6, 6.07) is -0.922. The molecule has 19 heavy (non-hydrogen) atoms. The van der Waals surface area contributed by atoms with Crippen molar-refractivity contribution in [3.63, 3.8) is 0 Å². The van der Waals surface area contributed by atoms with Crippen molar-refractivity contribution in [2.75, 3.05) is 19.3 Å². The van der Waals surface area contributed by atoms with Crippen molar-refractivity contribution in [2.45, 2.75) is 44.4 Å². The van der Waals surface area contributed by atoms with Crippen LogP contribution < -0.4 is 5.32 Å². The zero-order chi connectivity index (χ0) is 14.4. The van der Waals surface area contributed by atoms with Crippen LogP contribution >= 0.6 is 11.8 Å². The zero-order valence-corrected chi connectivity index (χ0v) is 12.7. The summed E-state index contributed by atoms with van der Waals surface area (Å²) < 4.78 is 0. The maximum atomic E-state index is 12.0. The summed E-state index contributed by atoms with van der Waals surface area (Å²) in [7, 11) is 0. The van der Waals surface area contributed by atoms with Crippen molar-refractivity contribution in [3.8, 4) is 0 Å². The van der Waals surface area contributed by atoms with Crippen molar-refractivity contribution in [1.29, 1.82) is 0 Å². The van der Waals surface area contributed by atoms with Crippen LogP contribution in [0.4, 0.5) is 4.79 Å². The van der Waals surface area contributed by atoms with Crippen molar-refractivity contribution in [1.82, 2.24) is 10.2 Å². The van der Waals surface area contributed by atoms with Crippen LogP contribution in [0.25, 0.3) is 0 Å². The molecule has 0 aromatic rings. The minimum absolute atomic E-state index is 0.243. The van der Waals surface area contributed by atoms with Crippen molar-refractivity contribution in [3.05, 3.63) is 0 Å². The molecule has 2 amide bonds. The summed E-state index contributed by atoms with van der Waals surface area (Å²) >= 11 is 1.76. The van der Waals surface area contributed by atoms with Gasteiger partial charge in [-0.05, 0) is 31.4 Å². The van der Waals surface area contributed by atoms with Crippen LogP contribution in [0.3, 0.4) is 0 Å². The van der Waals surface area contributed by atoms with E-state index in [-0.39, 0.29) is 6.03 Å². The number of hydrogen-bond acceptors (Lipinski definition) is 3. The molecule has 1 fully saturated rings. The first-order valence-electron chi connectivity index (χ1n) is 6.75. The molecule has 1 heterocycles. The summed E-state index contributed by atoms with van der Waals surface area (Å²) in [5.74, 6) is -0.541. The number of thioether (sulfide) groups is 1. The van der Waals surface area contributed by atoms with Gasteiger partial charge in [0.05, 0.1) is 0 Å². The lowest BCUT2D eigenvalue weighted by atomic mass is 9.93. The third-order valence-corrected chi connectivity index (χ3v) is 4.68. The van der Waals surface area contributed by atoms with E-state index in [1.807, 2.05) is 13.2 Å². The highest BCUT2D eigenvalue weighted by molar-refractivity contribution is 7.99. The Hall–Kier alpha value is -0.910. The highest BCUT2D eigenvalue weighted by Crippen LogP contribution is 2.22. The molecule has 1 aliphatic heterocycles. The van der Waals surface area contributed by atoms with Gasteiger partial charge in [-0.3, -0.25) is 0 Å². The summed E-state index contributed by atoms with van der Waals surface area (Å²) in [5.41, 5.74) is 0. The third kappa shape index (κ3) is 4.93. The number of carboxylic acids is 1. The highest BCUT2D eigenvalue weighted by atomic mass is 32.2. The van der Waals surface area contributed by atoms with E-state index in [0.717, 1.165) is 12.8 Å². The van der Waals surface area contributed by atoms with Crippen LogP contribution in [0.2, 0.25) is 0 Å². The first-order valence-corrected chi connectivity index (χ1v) is 8.04. The van der Waals surface area contributed by atoms with Gasteiger partial charge in [-0.15, -0.1) is 0 Å². The predicted molar refractivity (Wildman–Crippen MR) is 77.5 cm³/mol. The molecule has 0 spiro atoms. The van der Waals surface area contributed by atoms with Gasteiger partial charge in [0.25, 0.3) is 0 Å². The van der Waals surface area contributed by atoms with Gasteiger partial charge in [0.1, 0.15) is 6.04 Å². The van der Waals surface area contributed by atoms with E-state index in [2.05, 4.69) is 12.2 Å². The summed E-state index contributed by atoms with van der Waals surface area (Å²) in [4.78, 5) is 24.7. The fraction of sp³-hybridized carbons (Fsp3) is 0.846. The van der Waals surface area contributed by atoms with Gasteiger partial charge in [0.15, 0.2) is 0 Å². The first-order chi connectivity index (χ1) is 8.95. The van der Waals surface area contributed by atoms with Crippen molar-refractivity contribution < 1.29 is 14.7 Å². The van der Waals surface area contributed by atoms with E-state index in [1.165, 1.54) is 4.90 Å². The molecular weight excluding hydrogens is 264 g/mol. The maximum absolute atomic E-state index is 12.0. The second kappa shape index (κ2) is 7.62. The molecule has 1 rings (SSSR count). The SMILES string of the molecule is CSC(C)CCNC(=O)N1CCC(C)CC1C(=O)O. The van der Waals surface area contributed by atoms with Gasteiger partial charge in [0, 0.05) is 18.3 Å². The Morgan fingerprint density at radius 3 is 2.79 bits per heavy atom. The minimum Gasteiger partial charge on any atom is -0.480 e. The number of likely N-dealkylation sites (tertiary alicyclic amines) is 1. The Morgan fingerprint density at radius 1 is 1.53 bits per heavy atom. The maximum Gasteiger partial charge on any atom is 0.326 e.